The van der Waals surface area contributed by atoms with Gasteiger partial charge in [-0.1, -0.05) is 31.0 Å². The lowest BCUT2D eigenvalue weighted by Gasteiger charge is -2.13. The Morgan fingerprint density at radius 2 is 2.14 bits per heavy atom. The summed E-state index contributed by atoms with van der Waals surface area (Å²) >= 11 is 0. The number of aryl methyl sites for hydroxylation is 1. The molecule has 1 amide bonds. The van der Waals surface area contributed by atoms with Crippen LogP contribution in [0.15, 0.2) is 24.3 Å². The van der Waals surface area contributed by atoms with Crippen molar-refractivity contribution in [1.82, 2.24) is 15.1 Å². The van der Waals surface area contributed by atoms with Crippen LogP contribution in [0, 0.1) is 5.92 Å². The molecule has 1 fully saturated rings. The lowest BCUT2D eigenvalue weighted by Crippen LogP contribution is -2.41. The maximum atomic E-state index is 12.3. The van der Waals surface area contributed by atoms with Crippen LogP contribution in [-0.4, -0.2) is 32.8 Å². The third-order valence-electron chi connectivity index (χ3n) is 3.84. The lowest BCUT2D eigenvalue weighted by molar-refractivity contribution is -0.139. The Morgan fingerprint density at radius 3 is 2.81 bits per heavy atom. The van der Waals surface area contributed by atoms with E-state index in [9.17, 15) is 14.7 Å². The zero-order valence-electron chi connectivity index (χ0n) is 11.7. The summed E-state index contributed by atoms with van der Waals surface area (Å²) in [7, 11) is 1.76. The van der Waals surface area contributed by atoms with E-state index in [4.69, 9.17) is 0 Å². The van der Waals surface area contributed by atoms with Crippen molar-refractivity contribution in [3.8, 4) is 0 Å². The molecule has 1 aliphatic rings. The second kappa shape index (κ2) is 5.20. The van der Waals surface area contributed by atoms with Crippen LogP contribution in [0.2, 0.25) is 0 Å². The van der Waals surface area contributed by atoms with Gasteiger partial charge in [-0.25, -0.2) is 4.79 Å². The monoisotopic (exact) mass is 287 g/mol. The number of amides is 1. The van der Waals surface area contributed by atoms with Crippen molar-refractivity contribution in [2.45, 2.75) is 25.3 Å². The second-order valence-corrected chi connectivity index (χ2v) is 5.53. The van der Waals surface area contributed by atoms with Crippen molar-refractivity contribution in [3.05, 3.63) is 30.0 Å². The van der Waals surface area contributed by atoms with E-state index < -0.39 is 17.9 Å². The number of carboxylic acids is 1. The third-order valence-corrected chi connectivity index (χ3v) is 3.84. The van der Waals surface area contributed by atoms with Gasteiger partial charge in [0.1, 0.15) is 6.04 Å². The molecule has 0 saturated heterocycles. The van der Waals surface area contributed by atoms with Crippen LogP contribution in [-0.2, 0) is 11.8 Å². The Kier molecular flexibility index (Phi) is 3.37. The minimum atomic E-state index is -0.990. The zero-order chi connectivity index (χ0) is 15.0. The van der Waals surface area contributed by atoms with Crippen molar-refractivity contribution < 1.29 is 14.7 Å². The molecule has 1 unspecified atom stereocenters. The summed E-state index contributed by atoms with van der Waals surface area (Å²) in [5.41, 5.74) is 1.12. The molecule has 110 valence electrons. The molecular formula is C15H17N3O3. The van der Waals surface area contributed by atoms with Gasteiger partial charge in [-0.2, -0.15) is 5.10 Å². The number of aromatic nitrogens is 2. The first kappa shape index (κ1) is 13.6. The number of nitrogens with zero attached hydrogens (tertiary/aromatic N) is 2. The quantitative estimate of drug-likeness (QED) is 0.874. The Labute approximate surface area is 121 Å². The fraction of sp³-hybridized carbons (Fsp3) is 0.400. The molecule has 0 aliphatic heterocycles. The molecule has 1 heterocycles. The van der Waals surface area contributed by atoms with Crippen LogP contribution in [0.4, 0.5) is 0 Å². The highest BCUT2D eigenvalue weighted by molar-refractivity contribution is 6.05. The summed E-state index contributed by atoms with van der Waals surface area (Å²) in [6.45, 7) is 0. The first-order valence-electron chi connectivity index (χ1n) is 7.01. The van der Waals surface area contributed by atoms with Crippen molar-refractivity contribution in [2.75, 3.05) is 0 Å². The average Bonchev–Trinajstić information content (AvgIpc) is 3.21. The van der Waals surface area contributed by atoms with Crippen LogP contribution in [0.25, 0.3) is 10.9 Å². The summed E-state index contributed by atoms with van der Waals surface area (Å²) in [6.07, 6.45) is 2.59. The Balaban J connectivity index is 1.84. The van der Waals surface area contributed by atoms with Gasteiger partial charge in [0.25, 0.3) is 5.91 Å². The molecule has 3 rings (SSSR count). The van der Waals surface area contributed by atoms with Crippen molar-refractivity contribution in [2.24, 2.45) is 13.0 Å². The third kappa shape index (κ3) is 2.74. The molecule has 0 spiro atoms. The van der Waals surface area contributed by atoms with Gasteiger partial charge in [-0.15, -0.1) is 0 Å². The topological polar surface area (TPSA) is 84.2 Å². The molecule has 1 atom stereocenters. The molecule has 1 aromatic heterocycles. The maximum absolute atomic E-state index is 12.3. The van der Waals surface area contributed by atoms with Gasteiger partial charge in [0.05, 0.1) is 5.52 Å². The summed E-state index contributed by atoms with van der Waals surface area (Å²) < 4.78 is 1.63. The summed E-state index contributed by atoms with van der Waals surface area (Å²) in [5, 5.41) is 16.8. The van der Waals surface area contributed by atoms with Gasteiger partial charge in [0.15, 0.2) is 5.69 Å². The van der Waals surface area contributed by atoms with Crippen molar-refractivity contribution in [1.29, 1.82) is 0 Å². The van der Waals surface area contributed by atoms with Crippen LogP contribution >= 0.6 is 0 Å². The first-order chi connectivity index (χ1) is 10.1. The fourth-order valence-electron chi connectivity index (χ4n) is 2.52. The van der Waals surface area contributed by atoms with Gasteiger partial charge in [-0.05, 0) is 18.4 Å². The minimum Gasteiger partial charge on any atom is -0.480 e. The Hall–Kier alpha value is -2.37. The van der Waals surface area contributed by atoms with E-state index in [2.05, 4.69) is 10.4 Å². The Bertz CT molecular complexity index is 703. The van der Waals surface area contributed by atoms with Gasteiger partial charge >= 0.3 is 5.97 Å². The number of carboxylic acid groups (broad SMARTS) is 1. The van der Waals surface area contributed by atoms with E-state index in [-0.39, 0.29) is 5.69 Å². The average molecular weight is 287 g/mol. The first-order valence-corrected chi connectivity index (χ1v) is 7.01. The molecule has 1 saturated carbocycles. The standard InChI is InChI=1S/C15H17N3O3/c1-18-12-5-3-2-4-10(12)13(17-18)14(19)16-11(15(20)21)8-9-6-7-9/h2-5,9,11H,6-8H2,1H3,(H,16,19)(H,20,21). The molecule has 0 bridgehead atoms. The normalized spacial score (nSPS) is 15.9. The van der Waals surface area contributed by atoms with Gasteiger partial charge in [0.2, 0.25) is 0 Å². The number of hydrogen-bond acceptors (Lipinski definition) is 3. The molecule has 1 aliphatic carbocycles. The van der Waals surface area contributed by atoms with E-state index in [1.165, 1.54) is 0 Å². The van der Waals surface area contributed by atoms with E-state index >= 15 is 0 Å². The maximum Gasteiger partial charge on any atom is 0.326 e. The van der Waals surface area contributed by atoms with Crippen molar-refractivity contribution >= 4 is 22.8 Å². The van der Waals surface area contributed by atoms with E-state index in [0.29, 0.717) is 12.3 Å². The van der Waals surface area contributed by atoms with E-state index in [1.807, 2.05) is 24.3 Å². The SMILES string of the molecule is Cn1nc(C(=O)NC(CC2CC2)C(=O)O)c2ccccc21. The molecular weight excluding hydrogens is 270 g/mol. The molecule has 1 aromatic carbocycles. The number of carbonyl (C=O) groups is 2. The van der Waals surface area contributed by atoms with Gasteiger partial charge in [-0.3, -0.25) is 9.48 Å². The molecule has 6 heteroatoms. The highest BCUT2D eigenvalue weighted by Gasteiger charge is 2.31. The van der Waals surface area contributed by atoms with Crippen LogP contribution < -0.4 is 5.32 Å². The van der Waals surface area contributed by atoms with Gasteiger partial charge < -0.3 is 10.4 Å². The smallest absolute Gasteiger partial charge is 0.326 e. The summed E-state index contributed by atoms with van der Waals surface area (Å²) in [6, 6.07) is 6.55. The van der Waals surface area contributed by atoms with E-state index in [1.54, 1.807) is 11.7 Å². The molecule has 21 heavy (non-hydrogen) atoms. The van der Waals surface area contributed by atoms with E-state index in [0.717, 1.165) is 23.7 Å². The second-order valence-electron chi connectivity index (χ2n) is 5.53. The number of hydrogen-bond donors (Lipinski definition) is 2. The highest BCUT2D eigenvalue weighted by atomic mass is 16.4. The number of carbonyl (C=O) groups excluding carboxylic acids is 1. The molecule has 2 N–H and O–H groups in total. The van der Waals surface area contributed by atoms with Gasteiger partial charge in [0, 0.05) is 12.4 Å². The zero-order valence-corrected chi connectivity index (χ0v) is 11.7. The van der Waals surface area contributed by atoms with Crippen molar-refractivity contribution in [3.63, 3.8) is 0 Å². The number of aliphatic carboxylic acids is 1. The summed E-state index contributed by atoms with van der Waals surface area (Å²) in [4.78, 5) is 23.6. The number of rotatable bonds is 5. The predicted octanol–water partition coefficient (Wildman–Crippen LogP) is 1.56. The minimum absolute atomic E-state index is 0.273. The molecule has 0 radical (unpaired) electrons. The van der Waals surface area contributed by atoms with Crippen LogP contribution in [0.1, 0.15) is 29.8 Å². The molecule has 2 aromatic rings. The van der Waals surface area contributed by atoms with Crippen LogP contribution in [0.3, 0.4) is 0 Å². The van der Waals surface area contributed by atoms with Crippen LogP contribution in [0.5, 0.6) is 0 Å². The number of para-hydroxylation sites is 1. The number of nitrogens with one attached hydrogen (secondary N) is 1. The fourth-order valence-corrected chi connectivity index (χ4v) is 2.52. The number of fused-ring (bicyclic) bond motifs is 1. The number of benzene rings is 1. The summed E-state index contributed by atoms with van der Waals surface area (Å²) in [5.74, 6) is -0.998. The lowest BCUT2D eigenvalue weighted by atomic mass is 10.1. The predicted molar refractivity (Wildman–Crippen MR) is 76.9 cm³/mol. The highest BCUT2D eigenvalue weighted by Crippen LogP contribution is 2.33. The largest absolute Gasteiger partial charge is 0.480 e. The molecule has 6 nitrogen and oxygen atoms in total. The Morgan fingerprint density at radius 1 is 1.43 bits per heavy atom.